The molecule has 0 unspecified atom stereocenters. The van der Waals surface area contributed by atoms with E-state index >= 15 is 0 Å². The van der Waals surface area contributed by atoms with Crippen LogP contribution in [0.2, 0.25) is 0 Å². The minimum atomic E-state index is 0.504. The Hall–Kier alpha value is -1.61. The van der Waals surface area contributed by atoms with E-state index in [0.29, 0.717) is 6.04 Å². The van der Waals surface area contributed by atoms with Crippen LogP contribution in [0.1, 0.15) is 70.6 Å². The second-order valence-corrected chi connectivity index (χ2v) is 7.99. The van der Waals surface area contributed by atoms with E-state index in [2.05, 4.69) is 53.1 Å². The monoisotopic (exact) mass is 368 g/mol. The van der Waals surface area contributed by atoms with Crippen LogP contribution in [0.3, 0.4) is 0 Å². The van der Waals surface area contributed by atoms with Crippen molar-refractivity contribution in [2.45, 2.75) is 76.7 Å². The van der Waals surface area contributed by atoms with Crippen molar-refractivity contribution in [2.24, 2.45) is 0 Å². The van der Waals surface area contributed by atoms with Crippen LogP contribution in [-0.4, -0.2) is 11.2 Å². The first-order valence-electron chi connectivity index (χ1n) is 10.4. The number of hydrogen-bond acceptors (Lipinski definition) is 1. The predicted molar refractivity (Wildman–Crippen MR) is 118 cm³/mol. The number of rotatable bonds is 2. The zero-order chi connectivity index (χ0) is 18.0. The van der Waals surface area contributed by atoms with E-state index in [4.69, 9.17) is 12.2 Å². The minimum absolute atomic E-state index is 0.504. The molecule has 1 fully saturated rings. The molecule has 2 aromatic carbocycles. The molecular weight excluding hydrogens is 336 g/mol. The lowest BCUT2D eigenvalue weighted by atomic mass is 9.98. The van der Waals surface area contributed by atoms with Crippen LogP contribution in [0.25, 0.3) is 10.8 Å². The van der Waals surface area contributed by atoms with E-state index in [-0.39, 0.29) is 0 Å². The SMILES string of the molecule is S=C(Nc1cccc2ccccc12)NC1CCCCCCCCCCC1. The fraction of sp³-hybridized carbons (Fsp3) is 0.522. The molecule has 0 bridgehead atoms. The Morgan fingerprint density at radius 1 is 0.731 bits per heavy atom. The fourth-order valence-electron chi connectivity index (χ4n) is 3.99. The van der Waals surface area contributed by atoms with Gasteiger partial charge in [0.05, 0.1) is 0 Å². The maximum absolute atomic E-state index is 5.64. The van der Waals surface area contributed by atoms with Crippen molar-refractivity contribution in [3.8, 4) is 0 Å². The summed E-state index contributed by atoms with van der Waals surface area (Å²) in [5.74, 6) is 0. The summed E-state index contributed by atoms with van der Waals surface area (Å²) in [6, 6.07) is 15.3. The molecule has 0 atom stereocenters. The van der Waals surface area contributed by atoms with Crippen molar-refractivity contribution in [2.75, 3.05) is 5.32 Å². The zero-order valence-corrected chi connectivity index (χ0v) is 16.6. The average Bonchev–Trinajstić information content (AvgIpc) is 2.64. The molecule has 2 nitrogen and oxygen atoms in total. The molecule has 3 heteroatoms. The van der Waals surface area contributed by atoms with Crippen molar-refractivity contribution in [3.63, 3.8) is 0 Å². The molecule has 0 amide bonds. The van der Waals surface area contributed by atoms with Crippen molar-refractivity contribution in [1.29, 1.82) is 0 Å². The lowest BCUT2D eigenvalue weighted by molar-refractivity contribution is 0.444. The number of hydrogen-bond donors (Lipinski definition) is 2. The normalized spacial score (nSPS) is 17.8. The molecule has 26 heavy (non-hydrogen) atoms. The third-order valence-electron chi connectivity index (χ3n) is 5.48. The Balaban J connectivity index is 1.57. The van der Waals surface area contributed by atoms with E-state index in [1.807, 2.05) is 0 Å². The summed E-state index contributed by atoms with van der Waals surface area (Å²) in [6.07, 6.45) is 14.9. The summed E-state index contributed by atoms with van der Waals surface area (Å²) in [5.41, 5.74) is 1.09. The zero-order valence-electron chi connectivity index (χ0n) is 15.8. The molecule has 1 saturated carbocycles. The highest BCUT2D eigenvalue weighted by Crippen LogP contribution is 2.23. The van der Waals surface area contributed by atoms with E-state index in [9.17, 15) is 0 Å². The third-order valence-corrected chi connectivity index (χ3v) is 5.70. The Morgan fingerprint density at radius 3 is 2.00 bits per heavy atom. The molecule has 0 aliphatic heterocycles. The van der Waals surface area contributed by atoms with Gasteiger partial charge in [-0.05, 0) is 36.5 Å². The topological polar surface area (TPSA) is 24.1 Å². The lowest BCUT2D eigenvalue weighted by Gasteiger charge is -2.22. The van der Waals surface area contributed by atoms with Gasteiger partial charge in [-0.3, -0.25) is 0 Å². The van der Waals surface area contributed by atoms with Gasteiger partial charge in [0, 0.05) is 17.1 Å². The first-order valence-corrected chi connectivity index (χ1v) is 10.8. The Morgan fingerprint density at radius 2 is 1.31 bits per heavy atom. The van der Waals surface area contributed by atoms with Crippen LogP contribution in [0.15, 0.2) is 42.5 Å². The van der Waals surface area contributed by atoms with Crippen molar-refractivity contribution < 1.29 is 0 Å². The molecule has 0 radical (unpaired) electrons. The lowest BCUT2D eigenvalue weighted by Crippen LogP contribution is -2.37. The number of thiocarbonyl (C=S) groups is 1. The number of benzene rings is 2. The molecular formula is C23H32N2S. The van der Waals surface area contributed by atoms with Crippen molar-refractivity contribution in [3.05, 3.63) is 42.5 Å². The second kappa shape index (κ2) is 10.5. The molecule has 0 heterocycles. The molecule has 0 saturated heterocycles. The largest absolute Gasteiger partial charge is 0.360 e. The summed E-state index contributed by atoms with van der Waals surface area (Å²) in [4.78, 5) is 0. The van der Waals surface area contributed by atoms with Crippen LogP contribution < -0.4 is 10.6 Å². The van der Waals surface area contributed by atoms with Gasteiger partial charge < -0.3 is 10.6 Å². The Labute approximate surface area is 163 Å². The standard InChI is InChI=1S/C23H32N2S/c26-23(25-22-18-12-14-19-13-10-11-17-21(19)22)24-20-15-8-6-4-2-1-3-5-7-9-16-20/h10-14,17-18,20H,1-9,15-16H2,(H2,24,25,26). The van der Waals surface area contributed by atoms with Gasteiger partial charge in [-0.1, -0.05) is 94.2 Å². The molecule has 3 rings (SSSR count). The number of fused-ring (bicyclic) bond motifs is 1. The van der Waals surface area contributed by atoms with Crippen LogP contribution in [0.5, 0.6) is 0 Å². The smallest absolute Gasteiger partial charge is 0.171 e. The maximum atomic E-state index is 5.64. The van der Waals surface area contributed by atoms with E-state index in [1.54, 1.807) is 0 Å². The highest BCUT2D eigenvalue weighted by atomic mass is 32.1. The summed E-state index contributed by atoms with van der Waals surface area (Å²) >= 11 is 5.64. The van der Waals surface area contributed by atoms with Crippen molar-refractivity contribution >= 4 is 33.8 Å². The van der Waals surface area contributed by atoms with Gasteiger partial charge in [-0.25, -0.2) is 0 Å². The van der Waals surface area contributed by atoms with Crippen LogP contribution in [0, 0.1) is 0 Å². The molecule has 2 aromatic rings. The molecule has 1 aliphatic rings. The Kier molecular flexibility index (Phi) is 7.75. The molecule has 1 aliphatic carbocycles. The average molecular weight is 369 g/mol. The molecule has 0 aromatic heterocycles. The molecule has 140 valence electrons. The number of anilines is 1. The van der Waals surface area contributed by atoms with Gasteiger partial charge in [0.1, 0.15) is 0 Å². The van der Waals surface area contributed by atoms with Crippen LogP contribution in [-0.2, 0) is 0 Å². The number of nitrogens with one attached hydrogen (secondary N) is 2. The van der Waals surface area contributed by atoms with Crippen LogP contribution in [0.4, 0.5) is 5.69 Å². The summed E-state index contributed by atoms with van der Waals surface area (Å²) in [6.45, 7) is 0. The first-order chi connectivity index (χ1) is 12.8. The van der Waals surface area contributed by atoms with Crippen LogP contribution >= 0.6 is 12.2 Å². The summed E-state index contributed by atoms with van der Waals surface area (Å²) in [5, 5.41) is 10.3. The second-order valence-electron chi connectivity index (χ2n) is 7.58. The van der Waals surface area contributed by atoms with E-state index in [1.165, 1.54) is 81.4 Å². The highest BCUT2D eigenvalue weighted by molar-refractivity contribution is 7.80. The molecule has 0 spiro atoms. The first kappa shape index (κ1) is 19.2. The van der Waals surface area contributed by atoms with Gasteiger partial charge in [-0.2, -0.15) is 0 Å². The highest BCUT2D eigenvalue weighted by Gasteiger charge is 2.11. The maximum Gasteiger partial charge on any atom is 0.171 e. The van der Waals surface area contributed by atoms with Gasteiger partial charge in [-0.15, -0.1) is 0 Å². The van der Waals surface area contributed by atoms with E-state index in [0.717, 1.165) is 10.8 Å². The third kappa shape index (κ3) is 5.98. The predicted octanol–water partition coefficient (Wildman–Crippen LogP) is 6.80. The quantitative estimate of drug-likeness (QED) is 0.570. The van der Waals surface area contributed by atoms with Crippen molar-refractivity contribution in [1.82, 2.24) is 5.32 Å². The fourth-order valence-corrected chi connectivity index (χ4v) is 4.26. The van der Waals surface area contributed by atoms with Gasteiger partial charge in [0.15, 0.2) is 5.11 Å². The van der Waals surface area contributed by atoms with Gasteiger partial charge in [0.25, 0.3) is 0 Å². The minimum Gasteiger partial charge on any atom is -0.360 e. The van der Waals surface area contributed by atoms with Gasteiger partial charge >= 0.3 is 0 Å². The van der Waals surface area contributed by atoms with E-state index < -0.39 is 0 Å². The van der Waals surface area contributed by atoms with Gasteiger partial charge in [0.2, 0.25) is 0 Å². The molecule has 2 N–H and O–H groups in total. The Bertz CT molecular complexity index is 680. The summed E-state index contributed by atoms with van der Waals surface area (Å²) in [7, 11) is 0. The summed E-state index contributed by atoms with van der Waals surface area (Å²) < 4.78 is 0.